The average molecular weight is 996 g/mol. The Kier molecular flexibility index (Phi) is 273. The molecule has 0 atom stereocenters. The molecule has 0 rings (SSSR count). The van der Waals surface area contributed by atoms with Gasteiger partial charge in [0.1, 0.15) is 0 Å². The topological polar surface area (TPSA) is 0 Å². The van der Waals surface area contributed by atoms with Crippen LogP contribution >= 0.6 is 0 Å². The number of rotatable bonds is 0. The third-order valence-electron chi connectivity index (χ3n) is 0. The van der Waals surface area contributed by atoms with Crippen molar-refractivity contribution >= 4 is 0 Å². The van der Waals surface area contributed by atoms with Gasteiger partial charge in [0.2, 0.25) is 0 Å². The second kappa shape index (κ2) is 46.0. The fourth-order valence-corrected chi connectivity index (χ4v) is 0. The van der Waals surface area contributed by atoms with E-state index in [4.69, 9.17) is 0 Å². The Morgan fingerprint density at radius 2 is 1.14 bits per heavy atom. The summed E-state index contributed by atoms with van der Waals surface area (Å²) in [5, 5.41) is 0. The normalized spacial score (nSPS) is 1.00. The summed E-state index contributed by atoms with van der Waals surface area (Å²) >= 11 is 3.89. The molecule has 0 amide bonds. The summed E-state index contributed by atoms with van der Waals surface area (Å²) in [7, 11) is 0. The SMILES string of the molecule is [Ag].[Os][Ir].[Pd].[Pt].[Rh].[Ru]. The van der Waals surface area contributed by atoms with E-state index in [9.17, 15) is 0 Å². The van der Waals surface area contributed by atoms with Gasteiger partial charge in [0, 0.05) is 103 Å². The van der Waals surface area contributed by atoms with Crippen molar-refractivity contribution in [2.24, 2.45) is 0 Å². The van der Waals surface area contributed by atoms with Gasteiger partial charge in [-0.1, -0.05) is 0 Å². The van der Waals surface area contributed by atoms with E-state index < -0.39 is 0 Å². The first-order valence-corrected chi connectivity index (χ1v) is 7.90. The molecule has 7 heavy (non-hydrogen) atoms. The van der Waals surface area contributed by atoms with Gasteiger partial charge < -0.3 is 0 Å². The summed E-state index contributed by atoms with van der Waals surface area (Å²) in [6.45, 7) is 0. The van der Waals surface area contributed by atoms with Gasteiger partial charge in [-0.3, -0.25) is 0 Å². The molecule has 0 heterocycles. The van der Waals surface area contributed by atoms with Crippen LogP contribution in [-0.4, -0.2) is 0 Å². The first-order chi connectivity index (χ1) is 1.00. The molecule has 0 spiro atoms. The molecule has 0 aromatic rings. The fraction of sp³-hybridized carbons (Fsp3) is 0. The van der Waals surface area contributed by atoms with Crippen molar-refractivity contribution in [1.29, 1.82) is 0 Å². The van der Waals surface area contributed by atoms with Crippen LogP contribution in [-0.2, 0) is 135 Å². The van der Waals surface area contributed by atoms with Crippen LogP contribution < -0.4 is 0 Å². The molecule has 0 nitrogen and oxygen atoms in total. The average Bonchev–Trinajstić information content (AvgIpc) is 1.00. The second-order valence-corrected chi connectivity index (χ2v) is 0. The van der Waals surface area contributed by atoms with E-state index in [1.54, 1.807) is 0 Å². The maximum atomic E-state index is 2.03. The molecule has 0 aliphatic rings. The van der Waals surface area contributed by atoms with Crippen LogP contribution in [0.25, 0.3) is 0 Å². The van der Waals surface area contributed by atoms with Crippen molar-refractivity contribution in [3.05, 3.63) is 0 Å². The monoisotopic (exact) mass is 998 g/mol. The van der Waals surface area contributed by atoms with Crippen molar-refractivity contribution in [3.63, 3.8) is 0 Å². The van der Waals surface area contributed by atoms with Crippen LogP contribution in [0.1, 0.15) is 0 Å². The summed E-state index contributed by atoms with van der Waals surface area (Å²) in [6.07, 6.45) is 0. The molecule has 65 valence electrons. The molecule has 0 aromatic heterocycles. The summed E-state index contributed by atoms with van der Waals surface area (Å²) in [6, 6.07) is 0. The van der Waals surface area contributed by atoms with Crippen LogP contribution in [0.5, 0.6) is 0 Å². The molecule has 0 aromatic carbocycles. The smallest absolute Gasteiger partial charge is 0 e. The Bertz CT molecular complexity index is 19.7. The molecule has 0 fully saturated rings. The van der Waals surface area contributed by atoms with Gasteiger partial charge in [-0.2, -0.15) is 0 Å². The van der Waals surface area contributed by atoms with Crippen molar-refractivity contribution in [2.45, 2.75) is 0 Å². The third kappa shape index (κ3) is 37.0. The summed E-state index contributed by atoms with van der Waals surface area (Å²) < 4.78 is 0. The molecule has 0 aliphatic carbocycles. The fourth-order valence-electron chi connectivity index (χ4n) is 0. The van der Waals surface area contributed by atoms with Gasteiger partial charge in [-0.15, -0.1) is 0 Å². The summed E-state index contributed by atoms with van der Waals surface area (Å²) in [5.74, 6) is 0. The zero-order valence-electron chi connectivity index (χ0n) is 2.31. The van der Waals surface area contributed by atoms with Crippen molar-refractivity contribution in [2.75, 3.05) is 0 Å². The zero-order valence-corrected chi connectivity index (χ0v) is 15.9. The molecule has 0 aliphatic heterocycles. The van der Waals surface area contributed by atoms with E-state index in [2.05, 4.69) is 0 Å². The van der Waals surface area contributed by atoms with Crippen LogP contribution in [0, 0.1) is 0 Å². The van der Waals surface area contributed by atoms with Gasteiger partial charge in [-0.05, 0) is 0 Å². The van der Waals surface area contributed by atoms with E-state index in [0.29, 0.717) is 0 Å². The minimum Gasteiger partial charge on any atom is 0 e. The van der Waals surface area contributed by atoms with E-state index in [0.717, 1.165) is 0 Å². The van der Waals surface area contributed by atoms with Gasteiger partial charge >= 0.3 is 32.2 Å². The Balaban J connectivity index is -0.000000000500. The van der Waals surface area contributed by atoms with Crippen LogP contribution in [0.4, 0.5) is 0 Å². The molecule has 0 bridgehead atoms. The van der Waals surface area contributed by atoms with E-state index in [-0.39, 0.29) is 103 Å². The van der Waals surface area contributed by atoms with Gasteiger partial charge in [0.15, 0.2) is 0 Å². The zero-order chi connectivity index (χ0) is 2.00. The Morgan fingerprint density at radius 1 is 1.14 bits per heavy atom. The van der Waals surface area contributed by atoms with Crippen molar-refractivity contribution in [3.8, 4) is 0 Å². The van der Waals surface area contributed by atoms with Gasteiger partial charge in [-0.25, -0.2) is 0 Å². The molecule has 2 radical (unpaired) electrons. The predicted octanol–water partition coefficient (Wildman–Crippen LogP) is -0.0175. The molecular weight excluding hydrogens is 996 g/mol. The van der Waals surface area contributed by atoms with Crippen LogP contribution in [0.3, 0.4) is 0 Å². The molecular formula is AgIrOsPdPtRhRu. The number of hydrogen-bond acceptors (Lipinski definition) is 0. The Morgan fingerprint density at radius 3 is 1.14 bits per heavy atom. The van der Waals surface area contributed by atoms with E-state index in [1.165, 1.54) is 0 Å². The van der Waals surface area contributed by atoms with E-state index in [1.807, 2.05) is 32.2 Å². The minimum atomic E-state index is 0. The van der Waals surface area contributed by atoms with Gasteiger partial charge in [0.05, 0.1) is 0 Å². The Hall–Kier alpha value is 4.62. The summed E-state index contributed by atoms with van der Waals surface area (Å²) in [5.41, 5.74) is 0. The van der Waals surface area contributed by atoms with Gasteiger partial charge in [0.25, 0.3) is 0 Å². The molecule has 0 saturated carbocycles. The quantitative estimate of drug-likeness (QED) is 0.300. The molecule has 0 saturated heterocycles. The van der Waals surface area contributed by atoms with E-state index >= 15 is 0 Å². The Labute approximate surface area is 132 Å². The molecule has 0 unspecified atom stereocenters. The maximum absolute atomic E-state index is 2.03. The van der Waals surface area contributed by atoms with Crippen LogP contribution in [0.2, 0.25) is 0 Å². The standard InChI is InChI=1S/Ag.Ir.Os.Pd.Pt.Rh.Ru. The minimum absolute atomic E-state index is 0. The first kappa shape index (κ1) is 41.5. The van der Waals surface area contributed by atoms with Crippen molar-refractivity contribution in [1.82, 2.24) is 0 Å². The third-order valence-corrected chi connectivity index (χ3v) is 0. The largest absolute Gasteiger partial charge is 0 e. The second-order valence-electron chi connectivity index (χ2n) is 0. The number of hydrogen-bond donors (Lipinski definition) is 0. The molecule has 0 N–H and O–H groups in total. The maximum Gasteiger partial charge on any atom is 0 e. The first-order valence-electron chi connectivity index (χ1n) is 0.118. The van der Waals surface area contributed by atoms with Crippen LogP contribution in [0.15, 0.2) is 0 Å². The predicted molar refractivity (Wildman–Crippen MR) is 0 cm³/mol. The van der Waals surface area contributed by atoms with Crippen molar-refractivity contribution < 1.29 is 135 Å². The summed E-state index contributed by atoms with van der Waals surface area (Å²) in [4.78, 5) is 0. The molecule has 7 heteroatoms.